The number of pyridine rings is 1. The van der Waals surface area contributed by atoms with E-state index in [1.807, 2.05) is 29.9 Å². The Morgan fingerprint density at radius 3 is 2.90 bits per heavy atom. The molecule has 4 heterocycles. The number of hydrogen-bond donors (Lipinski definition) is 2. The summed E-state index contributed by atoms with van der Waals surface area (Å²) in [6, 6.07) is 7.76. The Morgan fingerprint density at radius 2 is 2.07 bits per heavy atom. The van der Waals surface area contributed by atoms with E-state index in [9.17, 15) is 0 Å². The van der Waals surface area contributed by atoms with Crippen LogP contribution in [0.4, 0.5) is 0 Å². The van der Waals surface area contributed by atoms with E-state index in [0.29, 0.717) is 20.8 Å². The molecule has 0 aliphatic carbocycles. The summed E-state index contributed by atoms with van der Waals surface area (Å²) in [5.41, 5.74) is 3.37. The van der Waals surface area contributed by atoms with Crippen molar-refractivity contribution in [3.05, 3.63) is 45.4 Å². The first-order valence-electron chi connectivity index (χ1n) is 9.50. The summed E-state index contributed by atoms with van der Waals surface area (Å²) in [4.78, 5) is 10.5. The van der Waals surface area contributed by atoms with Gasteiger partial charge in [-0.1, -0.05) is 18.3 Å². The topological polar surface area (TPSA) is 80.8 Å². The molecule has 7 nitrogen and oxygen atoms in total. The molecule has 0 radical (unpaired) electrons. The second-order valence-electron chi connectivity index (χ2n) is 7.11. The standard InChI is InChI=1S/C20H19N5O2S2/c1-11-5-7-14-12(10-21-25(14)16-4-2-3-9-26-16)18(11)27-15-8-6-13-17(23-15)19(28)24-20(29)22-13/h5-8,10,16H,2-4,9H2,1H3,(H2,22,24,28,29). The molecule has 0 saturated carbocycles. The van der Waals surface area contributed by atoms with Gasteiger partial charge in [0.25, 0.3) is 0 Å². The fourth-order valence-electron chi connectivity index (χ4n) is 3.68. The number of ether oxygens (including phenoxy) is 2. The summed E-state index contributed by atoms with van der Waals surface area (Å²) in [6.45, 7) is 2.78. The molecule has 0 spiro atoms. The normalized spacial score (nSPS) is 17.1. The average molecular weight is 426 g/mol. The zero-order chi connectivity index (χ0) is 20.0. The van der Waals surface area contributed by atoms with Crippen molar-refractivity contribution in [3.63, 3.8) is 0 Å². The fourth-order valence-corrected chi connectivity index (χ4v) is 4.21. The predicted octanol–water partition coefficient (Wildman–Crippen LogP) is 5.50. The van der Waals surface area contributed by atoms with E-state index in [1.165, 1.54) is 0 Å². The number of fused-ring (bicyclic) bond motifs is 2. The molecule has 2 N–H and O–H groups in total. The second-order valence-corrected chi connectivity index (χ2v) is 7.93. The number of hydrogen-bond acceptors (Lipinski definition) is 6. The maximum atomic E-state index is 6.21. The molecule has 5 rings (SSSR count). The predicted molar refractivity (Wildman–Crippen MR) is 115 cm³/mol. The van der Waals surface area contributed by atoms with Crippen LogP contribution < -0.4 is 4.74 Å². The fraction of sp³-hybridized carbons (Fsp3) is 0.300. The van der Waals surface area contributed by atoms with Gasteiger partial charge in [0.15, 0.2) is 11.0 Å². The number of aromatic nitrogens is 5. The maximum Gasteiger partial charge on any atom is 0.220 e. The lowest BCUT2D eigenvalue weighted by Gasteiger charge is -2.23. The number of benzene rings is 1. The molecule has 0 bridgehead atoms. The molecule has 1 aromatic carbocycles. The number of aromatic amines is 2. The van der Waals surface area contributed by atoms with Crippen LogP contribution in [0, 0.1) is 16.3 Å². The summed E-state index contributed by atoms with van der Waals surface area (Å²) < 4.78 is 15.0. The van der Waals surface area contributed by atoms with Gasteiger partial charge in [-0.3, -0.25) is 0 Å². The van der Waals surface area contributed by atoms with Crippen LogP contribution in [0.15, 0.2) is 30.5 Å². The highest BCUT2D eigenvalue weighted by Crippen LogP contribution is 2.35. The summed E-state index contributed by atoms with van der Waals surface area (Å²) in [5, 5.41) is 5.52. The van der Waals surface area contributed by atoms with Crippen molar-refractivity contribution in [1.29, 1.82) is 0 Å². The lowest BCUT2D eigenvalue weighted by Crippen LogP contribution is -2.18. The first kappa shape index (κ1) is 18.4. The monoisotopic (exact) mass is 425 g/mol. The number of nitrogens with zero attached hydrogens (tertiary/aromatic N) is 3. The van der Waals surface area contributed by atoms with Crippen molar-refractivity contribution in [1.82, 2.24) is 24.7 Å². The van der Waals surface area contributed by atoms with Crippen molar-refractivity contribution in [2.75, 3.05) is 6.61 Å². The molecule has 148 valence electrons. The van der Waals surface area contributed by atoms with Gasteiger partial charge in [-0.25, -0.2) is 9.67 Å². The number of H-pyrrole nitrogens is 2. The highest BCUT2D eigenvalue weighted by molar-refractivity contribution is 7.72. The van der Waals surface area contributed by atoms with Crippen LogP contribution in [0.5, 0.6) is 11.6 Å². The second kappa shape index (κ2) is 7.33. The van der Waals surface area contributed by atoms with Crippen molar-refractivity contribution in [2.45, 2.75) is 32.4 Å². The highest BCUT2D eigenvalue weighted by Gasteiger charge is 2.20. The molecular weight excluding hydrogens is 406 g/mol. The average Bonchev–Trinajstić information content (AvgIpc) is 3.15. The van der Waals surface area contributed by atoms with Crippen LogP contribution in [0.25, 0.3) is 21.9 Å². The molecular formula is C20H19N5O2S2. The molecule has 1 fully saturated rings. The van der Waals surface area contributed by atoms with Crippen LogP contribution in [0.1, 0.15) is 31.1 Å². The van der Waals surface area contributed by atoms with Crippen molar-refractivity contribution < 1.29 is 9.47 Å². The lowest BCUT2D eigenvalue weighted by molar-refractivity contribution is -0.0366. The SMILES string of the molecule is Cc1ccc2c(cnn2C2CCCCO2)c1Oc1ccc2[nH]c(=S)[nH]c(=S)c2n1. The molecule has 1 aliphatic heterocycles. The van der Waals surface area contributed by atoms with Crippen molar-refractivity contribution >= 4 is 46.4 Å². The van der Waals surface area contributed by atoms with E-state index in [4.69, 9.17) is 33.9 Å². The molecule has 1 aliphatic rings. The van der Waals surface area contributed by atoms with Crippen LogP contribution in [-0.2, 0) is 4.74 Å². The first-order chi connectivity index (χ1) is 14.1. The van der Waals surface area contributed by atoms with E-state index >= 15 is 0 Å². The summed E-state index contributed by atoms with van der Waals surface area (Å²) in [5.74, 6) is 1.19. The molecule has 1 unspecified atom stereocenters. The number of nitrogens with one attached hydrogen (secondary N) is 2. The van der Waals surface area contributed by atoms with Crippen LogP contribution in [0.2, 0.25) is 0 Å². The molecule has 4 aromatic rings. The minimum Gasteiger partial charge on any atom is -0.438 e. The highest BCUT2D eigenvalue weighted by atomic mass is 32.1. The van der Waals surface area contributed by atoms with Crippen molar-refractivity contribution in [2.24, 2.45) is 0 Å². The number of aryl methyl sites for hydroxylation is 1. The van der Waals surface area contributed by atoms with Crippen LogP contribution >= 0.6 is 24.4 Å². The van der Waals surface area contributed by atoms with Gasteiger partial charge in [-0.2, -0.15) is 5.10 Å². The van der Waals surface area contributed by atoms with Gasteiger partial charge in [-0.05, 0) is 56.1 Å². The molecule has 1 saturated heterocycles. The molecule has 3 aromatic heterocycles. The summed E-state index contributed by atoms with van der Waals surface area (Å²) in [6.07, 6.45) is 5.01. The Balaban J connectivity index is 1.57. The van der Waals surface area contributed by atoms with E-state index in [1.54, 1.807) is 6.07 Å². The van der Waals surface area contributed by atoms with Gasteiger partial charge in [0.05, 0.1) is 22.6 Å². The quantitative estimate of drug-likeness (QED) is 0.422. The van der Waals surface area contributed by atoms with Crippen LogP contribution in [-0.4, -0.2) is 31.3 Å². The molecule has 0 amide bonds. The third-order valence-electron chi connectivity index (χ3n) is 5.12. The maximum absolute atomic E-state index is 6.21. The van der Waals surface area contributed by atoms with Crippen molar-refractivity contribution in [3.8, 4) is 11.6 Å². The molecule has 9 heteroatoms. The van der Waals surface area contributed by atoms with E-state index in [2.05, 4.69) is 26.1 Å². The van der Waals surface area contributed by atoms with Gasteiger partial charge in [0, 0.05) is 12.7 Å². The smallest absolute Gasteiger partial charge is 0.220 e. The largest absolute Gasteiger partial charge is 0.438 e. The zero-order valence-electron chi connectivity index (χ0n) is 15.8. The van der Waals surface area contributed by atoms with Crippen LogP contribution in [0.3, 0.4) is 0 Å². The Kier molecular flexibility index (Phi) is 4.65. The van der Waals surface area contributed by atoms with E-state index < -0.39 is 0 Å². The third kappa shape index (κ3) is 3.35. The minimum atomic E-state index is -0.0305. The zero-order valence-corrected chi connectivity index (χ0v) is 17.4. The Hall–Kier alpha value is -2.62. The van der Waals surface area contributed by atoms with Gasteiger partial charge in [-0.15, -0.1) is 0 Å². The van der Waals surface area contributed by atoms with E-state index in [-0.39, 0.29) is 6.23 Å². The minimum absolute atomic E-state index is 0.0305. The van der Waals surface area contributed by atoms with E-state index in [0.717, 1.165) is 53.6 Å². The Labute approximate surface area is 176 Å². The summed E-state index contributed by atoms with van der Waals surface area (Å²) in [7, 11) is 0. The van der Waals surface area contributed by atoms with Gasteiger partial charge < -0.3 is 19.4 Å². The first-order valence-corrected chi connectivity index (χ1v) is 10.3. The Bertz CT molecular complexity index is 1330. The molecule has 29 heavy (non-hydrogen) atoms. The van der Waals surface area contributed by atoms with Gasteiger partial charge in [0.1, 0.15) is 15.9 Å². The number of rotatable bonds is 3. The van der Waals surface area contributed by atoms with Gasteiger partial charge in [0.2, 0.25) is 5.88 Å². The Morgan fingerprint density at radius 1 is 1.17 bits per heavy atom. The molecule has 1 atom stereocenters. The third-order valence-corrected chi connectivity index (χ3v) is 5.62. The lowest BCUT2D eigenvalue weighted by atomic mass is 10.1. The van der Waals surface area contributed by atoms with Gasteiger partial charge >= 0.3 is 0 Å². The summed E-state index contributed by atoms with van der Waals surface area (Å²) >= 11 is 10.5.